The Kier molecular flexibility index (Phi) is 5.53. The first-order valence-electron chi connectivity index (χ1n) is 7.12. The third-order valence-corrected chi connectivity index (χ3v) is 3.28. The fourth-order valence-corrected chi connectivity index (χ4v) is 1.94. The van der Waals surface area contributed by atoms with E-state index in [0.717, 1.165) is 12.1 Å². The van der Waals surface area contributed by atoms with Crippen molar-refractivity contribution in [3.05, 3.63) is 81.4 Å². The molecule has 2 aromatic rings. The minimum atomic E-state index is -4.40. The van der Waals surface area contributed by atoms with E-state index in [2.05, 4.69) is 5.32 Å². The number of carbonyl (C=O) groups excluding carboxylic acids is 1. The Hall–Kier alpha value is -3.16. The highest BCUT2D eigenvalue weighted by atomic mass is 19.4. The van der Waals surface area contributed by atoms with Gasteiger partial charge in [-0.05, 0) is 29.3 Å². The van der Waals surface area contributed by atoms with Crippen LogP contribution in [-0.4, -0.2) is 10.8 Å². The molecule has 0 unspecified atom stereocenters. The molecule has 2 aromatic carbocycles. The predicted octanol–water partition coefficient (Wildman–Crippen LogP) is 3.94. The van der Waals surface area contributed by atoms with Crippen LogP contribution in [-0.2, 0) is 17.5 Å². The highest BCUT2D eigenvalue weighted by molar-refractivity contribution is 5.91. The van der Waals surface area contributed by atoms with Crippen molar-refractivity contribution < 1.29 is 22.9 Å². The number of nitro benzene ring substituents is 1. The van der Waals surface area contributed by atoms with Crippen molar-refractivity contribution in [3.8, 4) is 0 Å². The Balaban J connectivity index is 1.89. The lowest BCUT2D eigenvalue weighted by Gasteiger charge is -2.06. The average Bonchev–Trinajstić information content (AvgIpc) is 2.58. The summed E-state index contributed by atoms with van der Waals surface area (Å²) >= 11 is 0. The quantitative estimate of drug-likeness (QED) is 0.504. The number of nitro groups is 1. The second-order valence-electron chi connectivity index (χ2n) is 5.09. The van der Waals surface area contributed by atoms with Crippen LogP contribution in [0.2, 0.25) is 0 Å². The Bertz CT molecular complexity index is 782. The lowest BCUT2D eigenvalue weighted by Crippen LogP contribution is -2.20. The monoisotopic (exact) mass is 350 g/mol. The maximum absolute atomic E-state index is 12.4. The van der Waals surface area contributed by atoms with Gasteiger partial charge in [-0.1, -0.05) is 24.3 Å². The SMILES string of the molecule is O=C(C=Cc1ccc(C(F)(F)F)cc1)NCc1ccc([N+](=O)[O-])cc1. The molecule has 0 fully saturated rings. The number of nitrogens with one attached hydrogen (secondary N) is 1. The van der Waals surface area contributed by atoms with E-state index in [9.17, 15) is 28.1 Å². The molecule has 0 bridgehead atoms. The van der Waals surface area contributed by atoms with Crippen molar-refractivity contribution in [2.75, 3.05) is 0 Å². The molecule has 1 amide bonds. The number of halogens is 3. The van der Waals surface area contributed by atoms with Crippen LogP contribution in [0.5, 0.6) is 0 Å². The molecule has 0 aliphatic carbocycles. The number of hydrogen-bond acceptors (Lipinski definition) is 3. The summed E-state index contributed by atoms with van der Waals surface area (Å²) in [5.41, 5.74) is 0.338. The van der Waals surface area contributed by atoms with Gasteiger partial charge in [0.05, 0.1) is 10.5 Å². The molecular weight excluding hydrogens is 337 g/mol. The van der Waals surface area contributed by atoms with Gasteiger partial charge < -0.3 is 5.32 Å². The number of rotatable bonds is 5. The first-order valence-corrected chi connectivity index (χ1v) is 7.12. The Morgan fingerprint density at radius 1 is 1.08 bits per heavy atom. The molecule has 2 rings (SSSR count). The normalized spacial score (nSPS) is 11.5. The number of benzene rings is 2. The van der Waals surface area contributed by atoms with E-state index < -0.39 is 22.6 Å². The fraction of sp³-hybridized carbons (Fsp3) is 0.118. The molecule has 0 aliphatic heterocycles. The van der Waals surface area contributed by atoms with Crippen LogP contribution >= 0.6 is 0 Å². The van der Waals surface area contributed by atoms with Gasteiger partial charge in [-0.15, -0.1) is 0 Å². The highest BCUT2D eigenvalue weighted by Gasteiger charge is 2.29. The molecule has 25 heavy (non-hydrogen) atoms. The second kappa shape index (κ2) is 7.61. The Morgan fingerprint density at radius 2 is 1.68 bits per heavy atom. The van der Waals surface area contributed by atoms with Crippen LogP contribution in [0.25, 0.3) is 6.08 Å². The average molecular weight is 350 g/mol. The van der Waals surface area contributed by atoms with Crippen molar-refractivity contribution in [1.29, 1.82) is 0 Å². The van der Waals surface area contributed by atoms with Crippen molar-refractivity contribution >= 4 is 17.7 Å². The van der Waals surface area contributed by atoms with Crippen LogP contribution in [0.3, 0.4) is 0 Å². The van der Waals surface area contributed by atoms with Crippen molar-refractivity contribution in [3.63, 3.8) is 0 Å². The molecule has 0 aliphatic rings. The molecule has 0 saturated carbocycles. The van der Waals surface area contributed by atoms with Crippen LogP contribution in [0.4, 0.5) is 18.9 Å². The van der Waals surface area contributed by atoms with E-state index in [-0.39, 0.29) is 12.2 Å². The predicted molar refractivity (Wildman–Crippen MR) is 85.4 cm³/mol. The molecule has 130 valence electrons. The first kappa shape index (κ1) is 18.2. The summed E-state index contributed by atoms with van der Waals surface area (Å²) in [5, 5.41) is 13.1. The van der Waals surface area contributed by atoms with E-state index >= 15 is 0 Å². The van der Waals surface area contributed by atoms with Gasteiger partial charge in [0.2, 0.25) is 5.91 Å². The van der Waals surface area contributed by atoms with E-state index in [1.807, 2.05) is 0 Å². The van der Waals surface area contributed by atoms with Crippen LogP contribution in [0.15, 0.2) is 54.6 Å². The summed E-state index contributed by atoms with van der Waals surface area (Å²) in [7, 11) is 0. The van der Waals surface area contributed by atoms with Gasteiger partial charge in [-0.2, -0.15) is 13.2 Å². The van der Waals surface area contributed by atoms with Gasteiger partial charge in [-0.3, -0.25) is 14.9 Å². The topological polar surface area (TPSA) is 72.2 Å². The lowest BCUT2D eigenvalue weighted by atomic mass is 10.1. The van der Waals surface area contributed by atoms with Gasteiger partial charge in [0.15, 0.2) is 0 Å². The fourth-order valence-electron chi connectivity index (χ4n) is 1.94. The van der Waals surface area contributed by atoms with Gasteiger partial charge >= 0.3 is 6.18 Å². The summed E-state index contributed by atoms with van der Waals surface area (Å²) < 4.78 is 37.3. The molecule has 0 heterocycles. The van der Waals surface area contributed by atoms with E-state index in [4.69, 9.17) is 0 Å². The van der Waals surface area contributed by atoms with E-state index in [0.29, 0.717) is 11.1 Å². The third kappa shape index (κ3) is 5.45. The van der Waals surface area contributed by atoms with Crippen molar-refractivity contribution in [2.24, 2.45) is 0 Å². The molecule has 5 nitrogen and oxygen atoms in total. The Labute approximate surface area is 140 Å². The molecule has 0 saturated heterocycles. The highest BCUT2D eigenvalue weighted by Crippen LogP contribution is 2.29. The van der Waals surface area contributed by atoms with Crippen LogP contribution < -0.4 is 5.32 Å². The minimum Gasteiger partial charge on any atom is -0.348 e. The van der Waals surface area contributed by atoms with Gasteiger partial charge in [0.1, 0.15) is 0 Å². The summed E-state index contributed by atoms with van der Waals surface area (Å²) in [6, 6.07) is 10.1. The molecule has 1 N–H and O–H groups in total. The minimum absolute atomic E-state index is 0.0442. The maximum Gasteiger partial charge on any atom is 0.416 e. The number of amides is 1. The van der Waals surface area contributed by atoms with Crippen LogP contribution in [0.1, 0.15) is 16.7 Å². The van der Waals surface area contributed by atoms with Gasteiger partial charge in [0.25, 0.3) is 5.69 Å². The molecule has 0 radical (unpaired) electrons. The zero-order valence-electron chi connectivity index (χ0n) is 12.8. The number of alkyl halides is 3. The smallest absolute Gasteiger partial charge is 0.348 e. The molecule has 0 atom stereocenters. The Morgan fingerprint density at radius 3 is 2.20 bits per heavy atom. The summed E-state index contributed by atoms with van der Waals surface area (Å²) in [4.78, 5) is 21.7. The molecule has 8 heteroatoms. The van der Waals surface area contributed by atoms with Crippen molar-refractivity contribution in [2.45, 2.75) is 12.7 Å². The standard InChI is InChI=1S/C17H13F3N2O3/c18-17(19,20)14-6-1-12(2-7-14)5-10-16(23)21-11-13-3-8-15(9-4-13)22(24)25/h1-10H,11H2,(H,21,23). The van der Waals surface area contributed by atoms with Crippen molar-refractivity contribution in [1.82, 2.24) is 5.32 Å². The zero-order valence-corrected chi connectivity index (χ0v) is 12.8. The number of carbonyl (C=O) groups is 1. The zero-order chi connectivity index (χ0) is 18.4. The second-order valence-corrected chi connectivity index (χ2v) is 5.09. The van der Waals surface area contributed by atoms with E-state index in [1.54, 1.807) is 0 Å². The summed E-state index contributed by atoms with van der Waals surface area (Å²) in [6.07, 6.45) is -1.80. The maximum atomic E-state index is 12.4. The van der Waals surface area contributed by atoms with Crippen LogP contribution in [0, 0.1) is 10.1 Å². The number of hydrogen-bond donors (Lipinski definition) is 1. The summed E-state index contributed by atoms with van der Waals surface area (Å²) in [6.45, 7) is 0.175. The van der Waals surface area contributed by atoms with Gasteiger partial charge in [-0.25, -0.2) is 0 Å². The molecular formula is C17H13F3N2O3. The van der Waals surface area contributed by atoms with Gasteiger partial charge in [0, 0.05) is 24.8 Å². The number of non-ortho nitro benzene ring substituents is 1. The number of nitrogens with zero attached hydrogens (tertiary/aromatic N) is 1. The molecule has 0 aromatic heterocycles. The largest absolute Gasteiger partial charge is 0.416 e. The van der Waals surface area contributed by atoms with E-state index in [1.165, 1.54) is 48.6 Å². The summed E-state index contributed by atoms with van der Waals surface area (Å²) in [5.74, 6) is -0.432. The molecule has 0 spiro atoms. The third-order valence-electron chi connectivity index (χ3n) is 3.28. The lowest BCUT2D eigenvalue weighted by molar-refractivity contribution is -0.384. The first-order chi connectivity index (χ1) is 11.8.